The fourth-order valence-corrected chi connectivity index (χ4v) is 1.22. The molecule has 1 aliphatic heterocycles. The van der Waals surface area contributed by atoms with E-state index in [-0.39, 0.29) is 12.4 Å². The molecule has 0 aromatic carbocycles. The lowest BCUT2D eigenvalue weighted by atomic mass is 10.1. The van der Waals surface area contributed by atoms with Crippen LogP contribution >= 0.6 is 12.4 Å². The zero-order valence-electron chi connectivity index (χ0n) is 6.21. The minimum atomic E-state index is 0. The fourth-order valence-electron chi connectivity index (χ4n) is 1.22. The molecule has 1 heterocycles. The van der Waals surface area contributed by atoms with E-state index in [4.69, 9.17) is 10.5 Å². The summed E-state index contributed by atoms with van der Waals surface area (Å²) in [7, 11) is 0. The third-order valence-electron chi connectivity index (χ3n) is 1.75. The summed E-state index contributed by atoms with van der Waals surface area (Å²) in [6.45, 7) is 1.77. The first-order chi connectivity index (χ1) is 4.43. The van der Waals surface area contributed by atoms with E-state index >= 15 is 0 Å². The van der Waals surface area contributed by atoms with Gasteiger partial charge < -0.3 is 10.5 Å². The van der Waals surface area contributed by atoms with E-state index in [0.717, 1.165) is 26.0 Å². The van der Waals surface area contributed by atoms with Gasteiger partial charge in [0.25, 0.3) is 0 Å². The minimum absolute atomic E-state index is 0. The lowest BCUT2D eigenvalue weighted by Gasteiger charge is -2.06. The summed E-state index contributed by atoms with van der Waals surface area (Å²) in [4.78, 5) is 0. The van der Waals surface area contributed by atoms with Gasteiger partial charge in [-0.3, -0.25) is 0 Å². The molecule has 0 spiro atoms. The molecule has 2 nitrogen and oxygen atoms in total. The molecule has 1 rings (SSSR count). The highest BCUT2D eigenvalue weighted by Crippen LogP contribution is 2.15. The molecule has 62 valence electrons. The standard InChI is InChI=1S/C7H15NO.ClH/c8-5-1-3-7-4-2-6-9-7;/h7H,1-6,8H2;1H/t7-;/m1./s1. The first kappa shape index (κ1) is 10.2. The number of nitrogens with two attached hydrogens (primary N) is 1. The van der Waals surface area contributed by atoms with E-state index in [9.17, 15) is 0 Å². The third kappa shape index (κ3) is 3.40. The monoisotopic (exact) mass is 165 g/mol. The van der Waals surface area contributed by atoms with Crippen LogP contribution in [0.15, 0.2) is 0 Å². The Balaban J connectivity index is 0.000000810. The van der Waals surface area contributed by atoms with Crippen molar-refractivity contribution in [3.63, 3.8) is 0 Å². The molecule has 0 aliphatic carbocycles. The van der Waals surface area contributed by atoms with Crippen LogP contribution in [0.4, 0.5) is 0 Å². The van der Waals surface area contributed by atoms with E-state index in [2.05, 4.69) is 0 Å². The molecular weight excluding hydrogens is 150 g/mol. The SMILES string of the molecule is Cl.NCCC[C@@H]1CCCO1. The Morgan fingerprint density at radius 3 is 2.80 bits per heavy atom. The van der Waals surface area contributed by atoms with Crippen LogP contribution in [0.1, 0.15) is 25.7 Å². The van der Waals surface area contributed by atoms with Crippen molar-refractivity contribution in [3.8, 4) is 0 Å². The maximum Gasteiger partial charge on any atom is 0.0576 e. The maximum absolute atomic E-state index is 5.40. The molecule has 10 heavy (non-hydrogen) atoms. The Morgan fingerprint density at radius 1 is 1.50 bits per heavy atom. The molecule has 1 aliphatic rings. The predicted octanol–water partition coefficient (Wildman–Crippen LogP) is 1.33. The molecular formula is C7H16ClNO. The number of halogens is 1. The van der Waals surface area contributed by atoms with Crippen LogP contribution in [-0.4, -0.2) is 19.3 Å². The molecule has 0 saturated carbocycles. The highest BCUT2D eigenvalue weighted by atomic mass is 35.5. The van der Waals surface area contributed by atoms with E-state index in [1.807, 2.05) is 0 Å². The molecule has 0 unspecified atom stereocenters. The van der Waals surface area contributed by atoms with Crippen molar-refractivity contribution in [1.82, 2.24) is 0 Å². The molecule has 2 N–H and O–H groups in total. The molecule has 0 amide bonds. The van der Waals surface area contributed by atoms with Crippen molar-refractivity contribution < 1.29 is 4.74 Å². The van der Waals surface area contributed by atoms with Crippen LogP contribution in [0.2, 0.25) is 0 Å². The number of ether oxygens (including phenoxy) is 1. The van der Waals surface area contributed by atoms with Gasteiger partial charge >= 0.3 is 0 Å². The molecule has 0 bridgehead atoms. The van der Waals surface area contributed by atoms with E-state index in [1.54, 1.807) is 0 Å². The van der Waals surface area contributed by atoms with Gasteiger partial charge in [0.15, 0.2) is 0 Å². The Kier molecular flexibility index (Phi) is 6.08. The van der Waals surface area contributed by atoms with Gasteiger partial charge in [0, 0.05) is 6.61 Å². The normalized spacial score (nSPS) is 24.3. The van der Waals surface area contributed by atoms with E-state index < -0.39 is 0 Å². The molecule has 0 aromatic heterocycles. The molecule has 3 heteroatoms. The van der Waals surface area contributed by atoms with Crippen molar-refractivity contribution in [2.24, 2.45) is 5.73 Å². The number of hydrogen-bond donors (Lipinski definition) is 1. The summed E-state index contributed by atoms with van der Waals surface area (Å²) in [5, 5.41) is 0. The number of rotatable bonds is 3. The van der Waals surface area contributed by atoms with Crippen molar-refractivity contribution in [2.75, 3.05) is 13.2 Å². The molecule has 0 radical (unpaired) electrons. The van der Waals surface area contributed by atoms with Gasteiger partial charge in [-0.2, -0.15) is 0 Å². The predicted molar refractivity (Wildman–Crippen MR) is 44.5 cm³/mol. The van der Waals surface area contributed by atoms with Gasteiger partial charge in [0.2, 0.25) is 0 Å². The minimum Gasteiger partial charge on any atom is -0.378 e. The van der Waals surface area contributed by atoms with Gasteiger partial charge in [-0.05, 0) is 32.2 Å². The van der Waals surface area contributed by atoms with Crippen molar-refractivity contribution in [2.45, 2.75) is 31.8 Å². The summed E-state index contributed by atoms with van der Waals surface area (Å²) in [6, 6.07) is 0. The van der Waals surface area contributed by atoms with Crippen LogP contribution in [-0.2, 0) is 4.74 Å². The maximum atomic E-state index is 5.40. The van der Waals surface area contributed by atoms with Crippen molar-refractivity contribution in [3.05, 3.63) is 0 Å². The Morgan fingerprint density at radius 2 is 2.30 bits per heavy atom. The first-order valence-electron chi connectivity index (χ1n) is 3.75. The van der Waals surface area contributed by atoms with Crippen LogP contribution < -0.4 is 5.73 Å². The van der Waals surface area contributed by atoms with Gasteiger partial charge in [-0.15, -0.1) is 12.4 Å². The summed E-state index contributed by atoms with van der Waals surface area (Å²) in [5.41, 5.74) is 5.35. The van der Waals surface area contributed by atoms with Crippen LogP contribution in [0.5, 0.6) is 0 Å². The van der Waals surface area contributed by atoms with E-state index in [1.165, 1.54) is 12.8 Å². The summed E-state index contributed by atoms with van der Waals surface area (Å²) in [6.07, 6.45) is 5.31. The van der Waals surface area contributed by atoms with Crippen LogP contribution in [0.25, 0.3) is 0 Å². The smallest absolute Gasteiger partial charge is 0.0576 e. The fraction of sp³-hybridized carbons (Fsp3) is 1.00. The first-order valence-corrected chi connectivity index (χ1v) is 3.75. The van der Waals surface area contributed by atoms with Gasteiger partial charge in [-0.1, -0.05) is 0 Å². The van der Waals surface area contributed by atoms with E-state index in [0.29, 0.717) is 6.10 Å². The molecule has 1 saturated heterocycles. The zero-order chi connectivity index (χ0) is 6.53. The summed E-state index contributed by atoms with van der Waals surface area (Å²) < 4.78 is 5.40. The Bertz CT molecular complexity index is 74.0. The largest absolute Gasteiger partial charge is 0.378 e. The zero-order valence-corrected chi connectivity index (χ0v) is 7.03. The second-order valence-corrected chi connectivity index (χ2v) is 2.57. The van der Waals surface area contributed by atoms with Crippen LogP contribution in [0, 0.1) is 0 Å². The van der Waals surface area contributed by atoms with Crippen molar-refractivity contribution >= 4 is 12.4 Å². The summed E-state index contributed by atoms with van der Waals surface area (Å²) in [5.74, 6) is 0. The van der Waals surface area contributed by atoms with Gasteiger partial charge in [0.1, 0.15) is 0 Å². The third-order valence-corrected chi connectivity index (χ3v) is 1.75. The van der Waals surface area contributed by atoms with Gasteiger partial charge in [0.05, 0.1) is 6.10 Å². The average Bonchev–Trinajstić information content (AvgIpc) is 2.34. The average molecular weight is 166 g/mol. The summed E-state index contributed by atoms with van der Waals surface area (Å²) >= 11 is 0. The second kappa shape index (κ2) is 5.96. The van der Waals surface area contributed by atoms with Gasteiger partial charge in [-0.25, -0.2) is 0 Å². The lowest BCUT2D eigenvalue weighted by molar-refractivity contribution is 0.103. The molecule has 1 fully saturated rings. The highest BCUT2D eigenvalue weighted by molar-refractivity contribution is 5.85. The lowest BCUT2D eigenvalue weighted by Crippen LogP contribution is -2.08. The quantitative estimate of drug-likeness (QED) is 0.685. The number of hydrogen-bond acceptors (Lipinski definition) is 2. The topological polar surface area (TPSA) is 35.2 Å². The molecule has 0 aromatic rings. The van der Waals surface area contributed by atoms with Crippen LogP contribution in [0.3, 0.4) is 0 Å². The highest BCUT2D eigenvalue weighted by Gasteiger charge is 2.13. The molecule has 1 atom stereocenters. The van der Waals surface area contributed by atoms with Crippen molar-refractivity contribution in [1.29, 1.82) is 0 Å². The Hall–Kier alpha value is 0.210. The Labute approximate surface area is 68.5 Å². The second-order valence-electron chi connectivity index (χ2n) is 2.57.